The van der Waals surface area contributed by atoms with Crippen LogP contribution in [0.3, 0.4) is 0 Å². The lowest BCUT2D eigenvalue weighted by Gasteiger charge is -2.38. The van der Waals surface area contributed by atoms with E-state index in [2.05, 4.69) is 27.4 Å². The second-order valence-corrected chi connectivity index (χ2v) is 9.83. The summed E-state index contributed by atoms with van der Waals surface area (Å²) >= 11 is 5.60. The van der Waals surface area contributed by atoms with Crippen LogP contribution in [0.4, 0.5) is 16.2 Å². The number of methoxy groups -OCH3 is 1. The molecule has 1 saturated heterocycles. The summed E-state index contributed by atoms with van der Waals surface area (Å²) in [4.78, 5) is 11.4. The van der Waals surface area contributed by atoms with E-state index in [0.29, 0.717) is 23.5 Å². The summed E-state index contributed by atoms with van der Waals surface area (Å²) in [6.45, 7) is 4.93. The second kappa shape index (κ2) is 10.6. The highest BCUT2D eigenvalue weighted by Gasteiger charge is 2.34. The minimum absolute atomic E-state index is 0.0530. The fourth-order valence-corrected chi connectivity index (χ4v) is 5.13. The van der Waals surface area contributed by atoms with Crippen LogP contribution < -0.4 is 20.3 Å². The average Bonchev–Trinajstić information content (AvgIpc) is 2.84. The molecule has 0 amide bonds. The zero-order valence-corrected chi connectivity index (χ0v) is 20.4. The first kappa shape index (κ1) is 23.7. The number of ether oxygens (including phenoxy) is 1. The molecule has 2 heterocycles. The Hall–Kier alpha value is -2.48. The lowest BCUT2D eigenvalue weighted by Crippen LogP contribution is -2.43. The number of benzene rings is 1. The molecule has 1 aromatic carbocycles. The Morgan fingerprint density at radius 3 is 2.52 bits per heavy atom. The highest BCUT2D eigenvalue weighted by Crippen LogP contribution is 2.39. The zero-order valence-electron chi connectivity index (χ0n) is 19.6. The van der Waals surface area contributed by atoms with E-state index in [1.165, 1.54) is 6.42 Å². The molecule has 1 aliphatic carbocycles. The van der Waals surface area contributed by atoms with Gasteiger partial charge in [-0.05, 0) is 61.5 Å². The van der Waals surface area contributed by atoms with E-state index >= 15 is 0 Å². The molecule has 0 unspecified atom stereocenters. The van der Waals surface area contributed by atoms with Gasteiger partial charge in [0.25, 0.3) is 0 Å². The SMILES string of the molecule is COc1cc(N2CCC(C)CC2)nc(NC(=S)NCC2(c3ccc(F)cc3)CCCCC2)n1. The zero-order chi connectivity index (χ0) is 23.3. The third-order valence-corrected chi connectivity index (χ3v) is 7.33. The Bertz CT molecular complexity index is 940. The Morgan fingerprint density at radius 2 is 1.85 bits per heavy atom. The van der Waals surface area contributed by atoms with Crippen LogP contribution in [0.15, 0.2) is 30.3 Å². The van der Waals surface area contributed by atoms with Crippen molar-refractivity contribution in [2.45, 2.75) is 57.3 Å². The van der Waals surface area contributed by atoms with Crippen LogP contribution in [-0.2, 0) is 5.41 Å². The number of piperidine rings is 1. The summed E-state index contributed by atoms with van der Waals surface area (Å²) < 4.78 is 18.9. The summed E-state index contributed by atoms with van der Waals surface area (Å²) in [7, 11) is 1.61. The number of aromatic nitrogens is 2. The fraction of sp³-hybridized carbons (Fsp3) is 0.560. The number of nitrogens with one attached hydrogen (secondary N) is 2. The molecule has 2 aromatic rings. The van der Waals surface area contributed by atoms with Crippen LogP contribution in [0.1, 0.15) is 57.4 Å². The molecule has 0 bridgehead atoms. The number of rotatable bonds is 6. The molecule has 2 aliphatic rings. The van der Waals surface area contributed by atoms with Crippen molar-refractivity contribution in [3.63, 3.8) is 0 Å². The highest BCUT2D eigenvalue weighted by atomic mass is 32.1. The van der Waals surface area contributed by atoms with Crippen LogP contribution in [0.2, 0.25) is 0 Å². The molecule has 0 radical (unpaired) electrons. The Kier molecular flexibility index (Phi) is 7.63. The molecule has 2 N–H and O–H groups in total. The van der Waals surface area contributed by atoms with Crippen molar-refractivity contribution in [2.75, 3.05) is 37.0 Å². The van der Waals surface area contributed by atoms with Gasteiger partial charge in [-0.15, -0.1) is 0 Å². The molecule has 33 heavy (non-hydrogen) atoms. The van der Waals surface area contributed by atoms with Crippen LogP contribution in [0.5, 0.6) is 5.88 Å². The number of halogens is 1. The molecule has 178 valence electrons. The number of hydrogen-bond donors (Lipinski definition) is 2. The molecular weight excluding hydrogens is 437 g/mol. The minimum atomic E-state index is -0.205. The third kappa shape index (κ3) is 5.91. The molecule has 2 fully saturated rings. The van der Waals surface area contributed by atoms with Crippen LogP contribution in [0.25, 0.3) is 0 Å². The van der Waals surface area contributed by atoms with Gasteiger partial charge < -0.3 is 20.3 Å². The predicted octanol–water partition coefficient (Wildman–Crippen LogP) is 5.05. The first-order valence-electron chi connectivity index (χ1n) is 12.0. The molecule has 8 heteroatoms. The van der Waals surface area contributed by atoms with E-state index < -0.39 is 0 Å². The van der Waals surface area contributed by atoms with Crippen molar-refractivity contribution < 1.29 is 9.13 Å². The van der Waals surface area contributed by atoms with Gasteiger partial charge in [-0.3, -0.25) is 0 Å². The summed E-state index contributed by atoms with van der Waals surface area (Å²) in [5, 5.41) is 7.02. The van der Waals surface area contributed by atoms with Gasteiger partial charge in [-0.25, -0.2) is 4.39 Å². The maximum atomic E-state index is 13.5. The maximum Gasteiger partial charge on any atom is 0.234 e. The van der Waals surface area contributed by atoms with Gasteiger partial charge in [0.15, 0.2) is 5.11 Å². The average molecular weight is 472 g/mol. The summed E-state index contributed by atoms with van der Waals surface area (Å²) in [5.74, 6) is 2.34. The highest BCUT2D eigenvalue weighted by molar-refractivity contribution is 7.80. The Balaban J connectivity index is 1.44. The van der Waals surface area contributed by atoms with Crippen LogP contribution in [-0.4, -0.2) is 41.8 Å². The lowest BCUT2D eigenvalue weighted by molar-refractivity contribution is 0.292. The molecule has 1 saturated carbocycles. The van der Waals surface area contributed by atoms with Gasteiger partial charge in [0.2, 0.25) is 11.8 Å². The van der Waals surface area contributed by atoms with E-state index in [9.17, 15) is 4.39 Å². The number of thiocarbonyl (C=S) groups is 1. The van der Waals surface area contributed by atoms with Gasteiger partial charge in [-0.1, -0.05) is 38.3 Å². The van der Waals surface area contributed by atoms with Crippen LogP contribution in [0, 0.1) is 11.7 Å². The standard InChI is InChI=1S/C25H34FN5OS/c1-18-10-14-31(15-11-18)21-16-22(32-2)29-23(28-21)30-24(33)27-17-25(12-4-3-5-13-25)19-6-8-20(26)9-7-19/h6-9,16,18H,3-5,10-15,17H2,1-2H3,(H2,27,28,29,30,33). The monoisotopic (exact) mass is 471 g/mol. The summed E-state index contributed by atoms with van der Waals surface area (Å²) in [6, 6.07) is 8.80. The predicted molar refractivity (Wildman–Crippen MR) is 135 cm³/mol. The summed E-state index contributed by atoms with van der Waals surface area (Å²) in [6.07, 6.45) is 7.98. The van der Waals surface area contributed by atoms with Gasteiger partial charge in [0.1, 0.15) is 11.6 Å². The normalized spacial score (nSPS) is 18.6. The van der Waals surface area contributed by atoms with Gasteiger partial charge in [0.05, 0.1) is 7.11 Å². The smallest absolute Gasteiger partial charge is 0.234 e. The number of hydrogen-bond acceptors (Lipinski definition) is 5. The maximum absolute atomic E-state index is 13.5. The molecular formula is C25H34FN5OS. The lowest BCUT2D eigenvalue weighted by atomic mass is 9.69. The largest absolute Gasteiger partial charge is 0.481 e. The van der Waals surface area contributed by atoms with Crippen molar-refractivity contribution in [3.8, 4) is 5.88 Å². The van der Waals surface area contributed by atoms with Crippen molar-refractivity contribution in [2.24, 2.45) is 5.92 Å². The first-order chi connectivity index (χ1) is 16.0. The third-order valence-electron chi connectivity index (χ3n) is 7.09. The Labute approximate surface area is 201 Å². The fourth-order valence-electron chi connectivity index (χ4n) is 4.97. The van der Waals surface area contributed by atoms with Gasteiger partial charge in [0, 0.05) is 31.1 Å². The number of nitrogens with zero attached hydrogens (tertiary/aromatic N) is 3. The Morgan fingerprint density at radius 1 is 1.15 bits per heavy atom. The molecule has 0 spiro atoms. The van der Waals surface area contributed by atoms with Crippen LogP contribution >= 0.6 is 12.2 Å². The molecule has 4 rings (SSSR count). The van der Waals surface area contributed by atoms with E-state index in [0.717, 1.165) is 68.9 Å². The van der Waals surface area contributed by atoms with Crippen molar-refractivity contribution in [1.29, 1.82) is 0 Å². The van der Waals surface area contributed by atoms with Crippen molar-refractivity contribution in [3.05, 3.63) is 41.7 Å². The topological polar surface area (TPSA) is 62.3 Å². The van der Waals surface area contributed by atoms with E-state index in [1.54, 1.807) is 19.2 Å². The second-order valence-electron chi connectivity index (χ2n) is 9.42. The summed E-state index contributed by atoms with van der Waals surface area (Å²) in [5.41, 5.74) is 1.11. The quantitative estimate of drug-likeness (QED) is 0.572. The number of anilines is 2. The molecule has 1 aliphatic heterocycles. The van der Waals surface area contributed by atoms with E-state index in [-0.39, 0.29) is 11.2 Å². The van der Waals surface area contributed by atoms with Gasteiger partial charge in [-0.2, -0.15) is 9.97 Å². The van der Waals surface area contributed by atoms with E-state index in [1.807, 2.05) is 18.2 Å². The molecule has 6 nitrogen and oxygen atoms in total. The van der Waals surface area contributed by atoms with E-state index in [4.69, 9.17) is 21.9 Å². The van der Waals surface area contributed by atoms with Crippen molar-refractivity contribution >= 4 is 29.1 Å². The molecule has 0 atom stereocenters. The van der Waals surface area contributed by atoms with Crippen molar-refractivity contribution in [1.82, 2.24) is 15.3 Å². The van der Waals surface area contributed by atoms with Gasteiger partial charge >= 0.3 is 0 Å². The first-order valence-corrected chi connectivity index (χ1v) is 12.4. The minimum Gasteiger partial charge on any atom is -0.481 e. The molecule has 1 aromatic heterocycles.